The molecule has 10 nitrogen and oxygen atoms in total. The highest BCUT2D eigenvalue weighted by molar-refractivity contribution is 5.90. The highest BCUT2D eigenvalue weighted by Crippen LogP contribution is 2.37. The van der Waals surface area contributed by atoms with Crippen molar-refractivity contribution in [2.75, 3.05) is 44.0 Å². The van der Waals surface area contributed by atoms with Crippen molar-refractivity contribution in [2.45, 2.75) is 94.5 Å². The number of methoxy groups -OCH3 is 1. The van der Waals surface area contributed by atoms with E-state index < -0.39 is 0 Å². The molecule has 2 amide bonds. The van der Waals surface area contributed by atoms with Crippen LogP contribution < -0.4 is 35.9 Å². The Hall–Kier alpha value is -4.28. The Morgan fingerprint density at radius 1 is 0.755 bits per heavy atom. The minimum atomic E-state index is -0.0845. The zero-order valence-corrected chi connectivity index (χ0v) is 31.6. The van der Waals surface area contributed by atoms with Gasteiger partial charge in [0.05, 0.1) is 7.11 Å². The zero-order valence-electron chi connectivity index (χ0n) is 31.6. The van der Waals surface area contributed by atoms with Crippen molar-refractivity contribution in [3.63, 3.8) is 0 Å². The van der Waals surface area contributed by atoms with Crippen LogP contribution in [0.4, 0.5) is 11.4 Å². The molecule has 0 aromatic heterocycles. The maximum atomic E-state index is 11.4. The SMILES string of the molecule is CC(=O)Nc1cc(C(C)C)c(OCCN)cc1C.COc1c(C)c(C)c(O)c(C)c1CNCCOc1cc(C)c(NC(C)=O)cc1C(C)C. The fourth-order valence-corrected chi connectivity index (χ4v) is 5.47. The lowest BCUT2D eigenvalue weighted by Crippen LogP contribution is -2.22. The molecule has 3 aromatic carbocycles. The second-order valence-electron chi connectivity index (χ2n) is 13.0. The molecule has 49 heavy (non-hydrogen) atoms. The largest absolute Gasteiger partial charge is 0.507 e. The lowest BCUT2D eigenvalue weighted by Gasteiger charge is -2.20. The summed E-state index contributed by atoms with van der Waals surface area (Å²) in [6.07, 6.45) is 0. The molecule has 0 spiro atoms. The summed E-state index contributed by atoms with van der Waals surface area (Å²) in [4.78, 5) is 22.6. The normalized spacial score (nSPS) is 10.8. The van der Waals surface area contributed by atoms with Crippen molar-refractivity contribution in [1.29, 1.82) is 0 Å². The fourth-order valence-electron chi connectivity index (χ4n) is 5.47. The molecule has 3 rings (SSSR count). The number of anilines is 2. The number of rotatable bonds is 14. The first kappa shape index (κ1) is 40.9. The van der Waals surface area contributed by atoms with E-state index in [1.165, 1.54) is 13.8 Å². The molecule has 0 unspecified atom stereocenters. The van der Waals surface area contributed by atoms with Gasteiger partial charge < -0.3 is 41.0 Å². The number of hydrogen-bond acceptors (Lipinski definition) is 8. The van der Waals surface area contributed by atoms with Crippen molar-refractivity contribution in [3.05, 3.63) is 68.8 Å². The Morgan fingerprint density at radius 3 is 1.63 bits per heavy atom. The number of amides is 2. The third-order valence-corrected chi connectivity index (χ3v) is 8.34. The van der Waals surface area contributed by atoms with Gasteiger partial charge in [-0.3, -0.25) is 9.59 Å². The smallest absolute Gasteiger partial charge is 0.221 e. The highest BCUT2D eigenvalue weighted by Gasteiger charge is 2.18. The van der Waals surface area contributed by atoms with E-state index in [1.807, 2.05) is 58.9 Å². The third kappa shape index (κ3) is 11.4. The van der Waals surface area contributed by atoms with Gasteiger partial charge in [-0.25, -0.2) is 0 Å². The number of phenolic OH excluding ortho intramolecular Hbond substituents is 1. The number of hydrogen-bond donors (Lipinski definition) is 5. The van der Waals surface area contributed by atoms with Gasteiger partial charge in [-0.05, 0) is 110 Å². The van der Waals surface area contributed by atoms with Gasteiger partial charge in [-0.1, -0.05) is 27.7 Å². The Kier molecular flexibility index (Phi) is 15.9. The molecule has 0 saturated heterocycles. The Bertz CT molecular complexity index is 1600. The Balaban J connectivity index is 0.000000393. The molecule has 0 bridgehead atoms. The summed E-state index contributed by atoms with van der Waals surface area (Å²) in [6, 6.07) is 7.91. The molecule has 0 saturated carbocycles. The van der Waals surface area contributed by atoms with Gasteiger partial charge in [0, 0.05) is 50.4 Å². The minimum absolute atomic E-state index is 0.0663. The summed E-state index contributed by atoms with van der Waals surface area (Å²) in [5, 5.41) is 19.5. The summed E-state index contributed by atoms with van der Waals surface area (Å²) < 4.78 is 17.3. The maximum Gasteiger partial charge on any atom is 0.221 e. The lowest BCUT2D eigenvalue weighted by atomic mass is 9.97. The van der Waals surface area contributed by atoms with Gasteiger partial charge >= 0.3 is 0 Å². The van der Waals surface area contributed by atoms with Crippen LogP contribution >= 0.6 is 0 Å². The van der Waals surface area contributed by atoms with Crippen LogP contribution in [0.1, 0.15) is 97.9 Å². The second kappa shape index (κ2) is 19.0. The molecule has 0 atom stereocenters. The first-order valence-electron chi connectivity index (χ1n) is 16.9. The van der Waals surface area contributed by atoms with Gasteiger partial charge in [-0.15, -0.1) is 0 Å². The van der Waals surface area contributed by atoms with Crippen molar-refractivity contribution in [1.82, 2.24) is 5.32 Å². The van der Waals surface area contributed by atoms with E-state index >= 15 is 0 Å². The predicted octanol–water partition coefficient (Wildman–Crippen LogP) is 7.30. The summed E-state index contributed by atoms with van der Waals surface area (Å²) in [6.45, 7) is 23.8. The van der Waals surface area contributed by atoms with Crippen LogP contribution in [0.3, 0.4) is 0 Å². The second-order valence-corrected chi connectivity index (χ2v) is 13.0. The molecular weight excluding hydrogens is 620 g/mol. The first-order valence-corrected chi connectivity index (χ1v) is 16.9. The van der Waals surface area contributed by atoms with Gasteiger partial charge in [0.1, 0.15) is 36.2 Å². The molecule has 0 aliphatic heterocycles. The molecule has 3 aromatic rings. The van der Waals surface area contributed by atoms with Crippen LogP contribution in [0, 0.1) is 34.6 Å². The van der Waals surface area contributed by atoms with E-state index in [-0.39, 0.29) is 17.7 Å². The average Bonchev–Trinajstić information content (AvgIpc) is 3.03. The molecule has 270 valence electrons. The standard InChI is InChI=1S/C25H36N2O4.C14H22N2O2/c1-14(2)20-12-22(27-19(7)28)15(3)11-23(20)31-10-9-26-13-21-18(6)24(29)16(4)17(5)25(21)30-8;1-9(2)12-8-13(16-11(4)17)10(3)7-14(12)18-6-5-15/h11-12,14,26,29H,9-10,13H2,1-8H3,(H,27,28);7-9H,5-6,15H2,1-4H3,(H,16,17). The first-order chi connectivity index (χ1) is 23.0. The van der Waals surface area contributed by atoms with E-state index in [2.05, 4.69) is 43.6 Å². The highest BCUT2D eigenvalue weighted by atomic mass is 16.5. The van der Waals surface area contributed by atoms with Gasteiger partial charge in [0.2, 0.25) is 11.8 Å². The van der Waals surface area contributed by atoms with Crippen LogP contribution in [0.2, 0.25) is 0 Å². The average molecular weight is 679 g/mol. The summed E-state index contributed by atoms with van der Waals surface area (Å²) in [7, 11) is 1.66. The number of ether oxygens (including phenoxy) is 3. The number of nitrogens with two attached hydrogens (primary N) is 1. The third-order valence-electron chi connectivity index (χ3n) is 8.34. The number of aromatic hydroxyl groups is 1. The molecule has 0 aliphatic rings. The van der Waals surface area contributed by atoms with E-state index in [4.69, 9.17) is 19.9 Å². The van der Waals surface area contributed by atoms with E-state index in [9.17, 15) is 14.7 Å². The van der Waals surface area contributed by atoms with Crippen molar-refractivity contribution in [2.24, 2.45) is 5.73 Å². The topological polar surface area (TPSA) is 144 Å². The van der Waals surface area contributed by atoms with E-state index in [0.29, 0.717) is 44.5 Å². The molecule has 0 aliphatic carbocycles. The molecule has 0 fully saturated rings. The van der Waals surface area contributed by atoms with Crippen molar-refractivity contribution in [3.8, 4) is 23.0 Å². The number of phenols is 1. The van der Waals surface area contributed by atoms with Crippen LogP contribution in [0.15, 0.2) is 24.3 Å². The number of carbonyl (C=O) groups is 2. The Morgan fingerprint density at radius 2 is 1.22 bits per heavy atom. The number of carbonyl (C=O) groups excluding carboxylic acids is 2. The van der Waals surface area contributed by atoms with Crippen LogP contribution in [0.25, 0.3) is 0 Å². The Labute approximate surface area is 293 Å². The van der Waals surface area contributed by atoms with Gasteiger partial charge in [-0.2, -0.15) is 0 Å². The number of benzene rings is 3. The molecule has 10 heteroatoms. The predicted molar refractivity (Wildman–Crippen MR) is 200 cm³/mol. The van der Waals surface area contributed by atoms with Crippen LogP contribution in [-0.4, -0.2) is 50.3 Å². The van der Waals surface area contributed by atoms with E-state index in [1.54, 1.807) is 7.11 Å². The quantitative estimate of drug-likeness (QED) is 0.112. The lowest BCUT2D eigenvalue weighted by molar-refractivity contribution is -0.115. The zero-order chi connectivity index (χ0) is 37.0. The van der Waals surface area contributed by atoms with Crippen molar-refractivity contribution >= 4 is 23.2 Å². The number of nitrogens with one attached hydrogen (secondary N) is 3. The molecule has 0 heterocycles. The maximum absolute atomic E-state index is 11.4. The van der Waals surface area contributed by atoms with Crippen LogP contribution in [0.5, 0.6) is 23.0 Å². The minimum Gasteiger partial charge on any atom is -0.507 e. The summed E-state index contributed by atoms with van der Waals surface area (Å²) in [5.41, 5.74) is 14.8. The van der Waals surface area contributed by atoms with Gasteiger partial charge in [0.25, 0.3) is 0 Å². The van der Waals surface area contributed by atoms with Crippen molar-refractivity contribution < 1.29 is 28.9 Å². The molecule has 6 N–H and O–H groups in total. The van der Waals surface area contributed by atoms with E-state index in [0.717, 1.165) is 73.1 Å². The molecule has 0 radical (unpaired) electrons. The molecular formula is C39H58N4O6. The fraction of sp³-hybridized carbons (Fsp3) is 0.487. The number of aryl methyl sites for hydroxylation is 2. The van der Waals surface area contributed by atoms with Gasteiger partial charge in [0.15, 0.2) is 0 Å². The summed E-state index contributed by atoms with van der Waals surface area (Å²) in [5.74, 6) is 3.26. The van der Waals surface area contributed by atoms with Crippen LogP contribution in [-0.2, 0) is 16.1 Å². The summed E-state index contributed by atoms with van der Waals surface area (Å²) >= 11 is 0. The monoisotopic (exact) mass is 678 g/mol.